The molecule has 9 nitrogen and oxygen atoms in total. The summed E-state index contributed by atoms with van der Waals surface area (Å²) in [5, 5.41) is 11.5. The molecule has 3 aliphatic rings. The fourth-order valence-electron chi connectivity index (χ4n) is 7.14. The number of carbonyl (C=O) groups excluding carboxylic acids is 1. The Bertz CT molecular complexity index is 2100. The number of amides is 1. The number of alkyl halides is 3. The van der Waals surface area contributed by atoms with E-state index in [1.54, 1.807) is 25.4 Å². The molecular formula is C40H43F3N8O. The van der Waals surface area contributed by atoms with E-state index in [9.17, 15) is 18.0 Å². The number of carbonyl (C=O) groups is 1. The van der Waals surface area contributed by atoms with Crippen LogP contribution in [0.15, 0.2) is 73.2 Å². The molecule has 12 heteroatoms. The van der Waals surface area contributed by atoms with Gasteiger partial charge in [-0.15, -0.1) is 0 Å². The SMILES string of the molecule is CCN1CCN(Cc2cc(C(C)NC(=O)c3ccc(C4CC4)c(-c4ccc5nc(Nc6cnn(C7CC7)c6)ncc5c4)c3)cc(C(F)(F)F)c2)CC1. The number of aromatic nitrogens is 4. The monoisotopic (exact) mass is 708 g/mol. The van der Waals surface area contributed by atoms with Crippen LogP contribution in [0.2, 0.25) is 0 Å². The van der Waals surface area contributed by atoms with Crippen LogP contribution in [0.4, 0.5) is 24.8 Å². The lowest BCUT2D eigenvalue weighted by atomic mass is 9.93. The first-order valence-corrected chi connectivity index (χ1v) is 18.3. The van der Waals surface area contributed by atoms with Gasteiger partial charge in [-0.2, -0.15) is 18.3 Å². The number of benzene rings is 3. The Morgan fingerprint density at radius 2 is 1.73 bits per heavy atom. The second kappa shape index (κ2) is 14.0. The van der Waals surface area contributed by atoms with Gasteiger partial charge in [-0.3, -0.25) is 14.4 Å². The van der Waals surface area contributed by atoms with Crippen molar-refractivity contribution in [2.75, 3.05) is 38.0 Å². The molecule has 1 unspecified atom stereocenters. The van der Waals surface area contributed by atoms with Gasteiger partial charge in [0, 0.05) is 56.1 Å². The van der Waals surface area contributed by atoms with Crippen molar-refractivity contribution in [2.45, 2.75) is 70.3 Å². The van der Waals surface area contributed by atoms with Gasteiger partial charge < -0.3 is 15.5 Å². The zero-order chi connectivity index (χ0) is 36.0. The van der Waals surface area contributed by atoms with Crippen LogP contribution in [-0.4, -0.2) is 68.2 Å². The van der Waals surface area contributed by atoms with Crippen LogP contribution in [0.5, 0.6) is 0 Å². The van der Waals surface area contributed by atoms with E-state index in [4.69, 9.17) is 4.98 Å². The molecule has 3 fully saturated rings. The van der Waals surface area contributed by atoms with Gasteiger partial charge in [0.05, 0.1) is 35.0 Å². The molecule has 270 valence electrons. The van der Waals surface area contributed by atoms with Crippen LogP contribution in [0.1, 0.15) is 90.1 Å². The van der Waals surface area contributed by atoms with Crippen molar-refractivity contribution in [3.8, 4) is 11.1 Å². The van der Waals surface area contributed by atoms with E-state index in [-0.39, 0.29) is 5.91 Å². The van der Waals surface area contributed by atoms with Gasteiger partial charge in [0.25, 0.3) is 5.91 Å². The van der Waals surface area contributed by atoms with E-state index >= 15 is 0 Å². The van der Waals surface area contributed by atoms with Crippen molar-refractivity contribution >= 4 is 28.4 Å². The van der Waals surface area contributed by atoms with Gasteiger partial charge in [0.1, 0.15) is 0 Å². The molecule has 2 N–H and O–H groups in total. The Morgan fingerprint density at radius 3 is 2.46 bits per heavy atom. The molecule has 2 aromatic heterocycles. The number of nitrogens with one attached hydrogen (secondary N) is 2. The standard InChI is InChI=1S/C40H43F3N8O/c1-3-49-12-14-50(15-13-49)23-26-16-30(19-32(17-26)40(41,42)43)25(2)46-38(52)29-6-10-35(27-4-5-27)36(20-29)28-7-11-37-31(18-28)21-44-39(48-37)47-33-22-45-51(24-33)34-8-9-34/h6-7,10-11,16-22,24-25,27,34H,3-5,8-9,12-15,23H2,1-2H3,(H,46,52)(H,44,47,48). The molecule has 8 rings (SSSR count). The summed E-state index contributed by atoms with van der Waals surface area (Å²) in [6, 6.07) is 15.8. The first-order chi connectivity index (χ1) is 25.1. The van der Waals surface area contributed by atoms with Crippen LogP contribution in [-0.2, 0) is 12.7 Å². The summed E-state index contributed by atoms with van der Waals surface area (Å²) in [5.74, 6) is 0.579. The Labute approximate surface area is 301 Å². The number of fused-ring (bicyclic) bond motifs is 1. The molecule has 1 amide bonds. The molecule has 0 radical (unpaired) electrons. The molecule has 52 heavy (non-hydrogen) atoms. The van der Waals surface area contributed by atoms with Crippen LogP contribution in [0, 0.1) is 0 Å². The lowest BCUT2D eigenvalue weighted by Crippen LogP contribution is -2.45. The Balaban J connectivity index is 1.01. The highest BCUT2D eigenvalue weighted by Gasteiger charge is 2.32. The van der Waals surface area contributed by atoms with Crippen molar-refractivity contribution in [1.82, 2.24) is 34.9 Å². The first-order valence-electron chi connectivity index (χ1n) is 18.3. The molecule has 1 saturated heterocycles. The summed E-state index contributed by atoms with van der Waals surface area (Å²) in [6.07, 6.45) is 5.55. The smallest absolute Gasteiger partial charge is 0.346 e. The Kier molecular flexibility index (Phi) is 9.21. The van der Waals surface area contributed by atoms with E-state index in [1.807, 2.05) is 47.3 Å². The van der Waals surface area contributed by atoms with E-state index in [1.165, 1.54) is 11.6 Å². The molecule has 0 bridgehead atoms. The highest BCUT2D eigenvalue weighted by Crippen LogP contribution is 2.45. The quantitative estimate of drug-likeness (QED) is 0.143. The van der Waals surface area contributed by atoms with Crippen molar-refractivity contribution in [2.24, 2.45) is 0 Å². The van der Waals surface area contributed by atoms with Crippen LogP contribution in [0.25, 0.3) is 22.0 Å². The Morgan fingerprint density at radius 1 is 0.942 bits per heavy atom. The molecular weight excluding hydrogens is 665 g/mol. The number of hydrogen-bond donors (Lipinski definition) is 2. The molecule has 0 spiro atoms. The van der Waals surface area contributed by atoms with Crippen molar-refractivity contribution < 1.29 is 18.0 Å². The predicted molar refractivity (Wildman–Crippen MR) is 195 cm³/mol. The van der Waals surface area contributed by atoms with Gasteiger partial charge >= 0.3 is 6.18 Å². The van der Waals surface area contributed by atoms with E-state index < -0.39 is 17.8 Å². The maximum absolute atomic E-state index is 14.0. The minimum Gasteiger partial charge on any atom is -0.346 e. The largest absolute Gasteiger partial charge is 0.416 e. The number of rotatable bonds is 11. The summed E-state index contributed by atoms with van der Waals surface area (Å²) < 4.78 is 44.1. The lowest BCUT2D eigenvalue weighted by molar-refractivity contribution is -0.137. The summed E-state index contributed by atoms with van der Waals surface area (Å²) in [6.45, 7) is 8.66. The molecule has 3 aromatic carbocycles. The number of nitrogens with zero attached hydrogens (tertiary/aromatic N) is 6. The average molecular weight is 709 g/mol. The van der Waals surface area contributed by atoms with Gasteiger partial charge in [0.15, 0.2) is 0 Å². The zero-order valence-electron chi connectivity index (χ0n) is 29.5. The van der Waals surface area contributed by atoms with Crippen molar-refractivity contribution in [3.05, 3.63) is 101 Å². The van der Waals surface area contributed by atoms with Gasteiger partial charge in [0.2, 0.25) is 5.95 Å². The molecule has 1 aliphatic heterocycles. The highest BCUT2D eigenvalue weighted by atomic mass is 19.4. The van der Waals surface area contributed by atoms with E-state index in [2.05, 4.69) is 37.4 Å². The number of anilines is 2. The normalized spacial score (nSPS) is 17.7. The molecule has 1 atom stereocenters. The maximum atomic E-state index is 14.0. The Hall–Kier alpha value is -4.81. The third-order valence-electron chi connectivity index (χ3n) is 10.5. The number of halogens is 3. The minimum absolute atomic E-state index is 0.337. The fourth-order valence-corrected chi connectivity index (χ4v) is 7.14. The third kappa shape index (κ3) is 7.68. The second-order valence-electron chi connectivity index (χ2n) is 14.5. The molecule has 5 aromatic rings. The van der Waals surface area contributed by atoms with Crippen molar-refractivity contribution in [1.29, 1.82) is 0 Å². The second-order valence-corrected chi connectivity index (χ2v) is 14.5. The van der Waals surface area contributed by atoms with Gasteiger partial charge in [-0.1, -0.05) is 25.1 Å². The van der Waals surface area contributed by atoms with Gasteiger partial charge in [-0.25, -0.2) is 9.97 Å². The average Bonchev–Trinajstić information content (AvgIpc) is 4.10. The highest BCUT2D eigenvalue weighted by molar-refractivity contribution is 5.96. The summed E-state index contributed by atoms with van der Waals surface area (Å²) in [5.41, 5.74) is 5.51. The van der Waals surface area contributed by atoms with Crippen molar-refractivity contribution in [3.63, 3.8) is 0 Å². The zero-order valence-corrected chi connectivity index (χ0v) is 29.5. The predicted octanol–water partition coefficient (Wildman–Crippen LogP) is 8.10. The number of hydrogen-bond acceptors (Lipinski definition) is 7. The molecule has 2 saturated carbocycles. The summed E-state index contributed by atoms with van der Waals surface area (Å²) in [4.78, 5) is 27.5. The van der Waals surface area contributed by atoms with E-state index in [0.717, 1.165) is 92.2 Å². The first kappa shape index (κ1) is 34.3. The van der Waals surface area contributed by atoms with Crippen LogP contribution >= 0.6 is 0 Å². The third-order valence-corrected chi connectivity index (χ3v) is 10.5. The van der Waals surface area contributed by atoms with Crippen LogP contribution < -0.4 is 10.6 Å². The lowest BCUT2D eigenvalue weighted by Gasteiger charge is -2.34. The van der Waals surface area contributed by atoms with Gasteiger partial charge in [-0.05, 0) is 109 Å². The number of piperazine rings is 1. The molecule has 3 heterocycles. The van der Waals surface area contributed by atoms with Crippen LogP contribution in [0.3, 0.4) is 0 Å². The summed E-state index contributed by atoms with van der Waals surface area (Å²) >= 11 is 0. The van der Waals surface area contributed by atoms with E-state index in [0.29, 0.717) is 41.1 Å². The summed E-state index contributed by atoms with van der Waals surface area (Å²) in [7, 11) is 0. The molecule has 2 aliphatic carbocycles. The fraction of sp³-hybridized carbons (Fsp3) is 0.400. The minimum atomic E-state index is -4.49. The topological polar surface area (TPSA) is 91.2 Å². The maximum Gasteiger partial charge on any atom is 0.416 e. The number of likely N-dealkylation sites (N-methyl/N-ethyl adjacent to an activating group) is 1.